The molecule has 9 rings (SSSR count). The lowest BCUT2D eigenvalue weighted by Gasteiger charge is -2.26. The Balaban J connectivity index is 0.000000197. The van der Waals surface area contributed by atoms with Crippen LogP contribution in [0.25, 0.3) is 21.8 Å². The highest BCUT2D eigenvalue weighted by atomic mass is 32.2. The summed E-state index contributed by atoms with van der Waals surface area (Å²) in [5.74, 6) is -0.507. The molecule has 0 atom stereocenters. The first-order valence-corrected chi connectivity index (χ1v) is 26.3. The molecule has 1 N–H and O–H groups in total. The normalized spacial score (nSPS) is 13.3. The molecule has 0 spiro atoms. The molecule has 2 aliphatic heterocycles. The SMILES string of the molecule is CCN(c1c2c(c(O)c3ncc(Cc4ccc(F)cc4)cc13)C(=O)N(C)C2)S(C)(=O)=O.CCN(c1c2c(c(OCc3ccc(OC)cc3)c3ncc(Cc4ccc(F)cc4)cc13)C(=O)N(C)C2)S(C)(=O)=O. The molecule has 0 saturated carbocycles. The van der Waals surface area contributed by atoms with Gasteiger partial charge in [-0.25, -0.2) is 25.6 Å². The van der Waals surface area contributed by atoms with Crippen LogP contribution < -0.4 is 18.1 Å². The number of ether oxygens (including phenoxy) is 2. The fraction of sp³-hybridized carbons (Fsp3) is 0.269. The Morgan fingerprint density at radius 2 is 1.06 bits per heavy atom. The van der Waals surface area contributed by atoms with E-state index in [4.69, 9.17) is 14.5 Å². The number of rotatable bonds is 14. The zero-order valence-electron chi connectivity index (χ0n) is 40.2. The van der Waals surface area contributed by atoms with E-state index < -0.39 is 20.0 Å². The lowest BCUT2D eigenvalue weighted by atomic mass is 9.98. The van der Waals surface area contributed by atoms with Gasteiger partial charge in [-0.05, 0) is 103 Å². The summed E-state index contributed by atoms with van der Waals surface area (Å²) in [6, 6.07) is 23.4. The number of benzene rings is 5. The number of aromatic hydroxyl groups is 1. The molecule has 2 aliphatic rings. The van der Waals surface area contributed by atoms with Crippen LogP contribution in [0.5, 0.6) is 17.2 Å². The molecule has 5 aromatic carbocycles. The minimum atomic E-state index is -3.69. The molecular weight excluding hydrogens is 955 g/mol. The van der Waals surface area contributed by atoms with Crippen molar-refractivity contribution >= 4 is 65.0 Å². The largest absolute Gasteiger partial charge is 0.505 e. The van der Waals surface area contributed by atoms with Gasteiger partial charge in [-0.15, -0.1) is 0 Å². The molecule has 0 saturated heterocycles. The molecule has 0 aliphatic carbocycles. The van der Waals surface area contributed by atoms with E-state index in [-0.39, 0.29) is 73.1 Å². The van der Waals surface area contributed by atoms with E-state index in [2.05, 4.69) is 4.98 Å². The number of carbonyl (C=O) groups excluding carboxylic acids is 2. The predicted octanol–water partition coefficient (Wildman–Crippen LogP) is 7.97. The number of fused-ring (bicyclic) bond motifs is 4. The Morgan fingerprint density at radius 1 is 0.634 bits per heavy atom. The standard InChI is InChI=1S/C30H30FN3O5S.C22H22FN3O4S/c1-5-34(40(4,36)37)28-24-15-21(14-19-6-10-22(31)11-7-19)16-32-27(24)29(26-25(28)17-33(2)30(26)35)39-18-20-8-12-23(38-3)13-9-20;1-4-26(31(3,29)30)20-16-10-14(9-13-5-7-15(23)8-6-13)11-24-19(16)21(27)18-17(20)12-25(2)22(18)28/h6-13,15-16H,5,14,17-18H2,1-4H3;5-8,10-11,27H,4,9,12H2,1-3H3. The molecule has 0 unspecified atom stereocenters. The van der Waals surface area contributed by atoms with Gasteiger partial charge in [0.1, 0.15) is 35.0 Å². The maximum absolute atomic E-state index is 13.5. The molecule has 7 aromatic rings. The van der Waals surface area contributed by atoms with E-state index >= 15 is 0 Å². The number of aromatic nitrogens is 2. The Morgan fingerprint density at radius 3 is 1.51 bits per heavy atom. The molecule has 19 heteroatoms. The average Bonchev–Trinajstić information content (AvgIpc) is 3.80. The van der Waals surface area contributed by atoms with E-state index in [0.717, 1.165) is 40.3 Å². The first-order chi connectivity index (χ1) is 33.7. The van der Waals surface area contributed by atoms with E-state index in [1.54, 1.807) is 82.7 Å². The van der Waals surface area contributed by atoms with Gasteiger partial charge in [0.05, 0.1) is 42.1 Å². The number of phenols is 1. The first kappa shape index (κ1) is 50.0. The van der Waals surface area contributed by atoms with E-state index in [1.165, 1.54) is 37.8 Å². The molecule has 4 heterocycles. The summed E-state index contributed by atoms with van der Waals surface area (Å²) in [6.45, 7) is 4.38. The van der Waals surface area contributed by atoms with Crippen LogP contribution in [0.2, 0.25) is 0 Å². The second kappa shape index (κ2) is 19.8. The van der Waals surface area contributed by atoms with Crippen LogP contribution in [-0.2, 0) is 52.6 Å². The number of halogens is 2. The van der Waals surface area contributed by atoms with Gasteiger partial charge in [-0.3, -0.25) is 28.2 Å². The third-order valence-electron chi connectivity index (χ3n) is 12.4. The first-order valence-electron chi connectivity index (χ1n) is 22.6. The van der Waals surface area contributed by atoms with Crippen LogP contribution in [-0.4, -0.2) is 100 Å². The molecule has 0 bridgehead atoms. The zero-order valence-corrected chi connectivity index (χ0v) is 41.8. The molecule has 71 heavy (non-hydrogen) atoms. The van der Waals surface area contributed by atoms with Crippen molar-refractivity contribution in [2.24, 2.45) is 0 Å². The third kappa shape index (κ3) is 10.0. The fourth-order valence-corrected chi connectivity index (χ4v) is 11.2. The molecule has 370 valence electrons. The van der Waals surface area contributed by atoms with Gasteiger partial charge in [0.25, 0.3) is 11.8 Å². The Bertz CT molecular complexity index is 3450. The summed E-state index contributed by atoms with van der Waals surface area (Å²) in [6.07, 6.45) is 6.43. The number of anilines is 2. The van der Waals surface area contributed by atoms with Crippen LogP contribution in [0.3, 0.4) is 0 Å². The minimum absolute atomic E-state index is 0.0888. The molecular formula is C52H52F2N6O9S2. The van der Waals surface area contributed by atoms with E-state index in [0.29, 0.717) is 68.7 Å². The van der Waals surface area contributed by atoms with Crippen LogP contribution in [0, 0.1) is 11.6 Å². The van der Waals surface area contributed by atoms with Crippen molar-refractivity contribution in [1.82, 2.24) is 19.8 Å². The van der Waals surface area contributed by atoms with Crippen molar-refractivity contribution in [3.05, 3.63) is 159 Å². The number of amides is 2. The number of pyridine rings is 2. The molecule has 0 fully saturated rings. The van der Waals surface area contributed by atoms with Crippen molar-refractivity contribution < 1.29 is 49.8 Å². The van der Waals surface area contributed by atoms with Crippen LogP contribution in [0.1, 0.15) is 73.5 Å². The van der Waals surface area contributed by atoms with Gasteiger partial charge in [0.15, 0.2) is 11.5 Å². The van der Waals surface area contributed by atoms with Crippen LogP contribution in [0.15, 0.2) is 97.3 Å². The number of sulfonamides is 2. The predicted molar refractivity (Wildman–Crippen MR) is 268 cm³/mol. The maximum atomic E-state index is 13.5. The van der Waals surface area contributed by atoms with Gasteiger partial charge < -0.3 is 24.4 Å². The number of methoxy groups -OCH3 is 1. The summed E-state index contributed by atoms with van der Waals surface area (Å²) in [5, 5.41) is 11.9. The number of phenolic OH excluding ortho intramolecular Hbond substituents is 1. The topological polar surface area (TPSA) is 180 Å². The monoisotopic (exact) mass is 1010 g/mol. The number of nitrogens with zero attached hydrogens (tertiary/aromatic N) is 6. The Labute approximate surface area is 411 Å². The van der Waals surface area contributed by atoms with Crippen molar-refractivity contribution in [2.75, 3.05) is 55.4 Å². The number of carbonyl (C=O) groups is 2. The lowest BCUT2D eigenvalue weighted by molar-refractivity contribution is 0.0806. The van der Waals surface area contributed by atoms with Crippen molar-refractivity contribution in [1.29, 1.82) is 0 Å². The highest BCUT2D eigenvalue weighted by Crippen LogP contribution is 2.47. The van der Waals surface area contributed by atoms with Crippen molar-refractivity contribution in [3.63, 3.8) is 0 Å². The zero-order chi connectivity index (χ0) is 51.1. The van der Waals surface area contributed by atoms with E-state index in [9.17, 15) is 40.3 Å². The summed E-state index contributed by atoms with van der Waals surface area (Å²) < 4.78 is 91.8. The van der Waals surface area contributed by atoms with Crippen LogP contribution >= 0.6 is 0 Å². The number of hydrogen-bond acceptors (Lipinski definition) is 11. The summed E-state index contributed by atoms with van der Waals surface area (Å²) in [4.78, 5) is 38.1. The fourth-order valence-electron chi connectivity index (χ4n) is 9.16. The lowest BCUT2D eigenvalue weighted by Crippen LogP contribution is -2.31. The maximum Gasteiger partial charge on any atom is 0.258 e. The van der Waals surface area contributed by atoms with Gasteiger partial charge in [0, 0.05) is 74.6 Å². The third-order valence-corrected chi connectivity index (χ3v) is 14.9. The van der Waals surface area contributed by atoms with Crippen molar-refractivity contribution in [3.8, 4) is 17.2 Å². The average molecular weight is 1010 g/mol. The van der Waals surface area contributed by atoms with Crippen LogP contribution in [0.4, 0.5) is 20.2 Å². The van der Waals surface area contributed by atoms with Gasteiger partial charge in [-0.1, -0.05) is 36.4 Å². The van der Waals surface area contributed by atoms with Crippen molar-refractivity contribution in [2.45, 2.75) is 46.4 Å². The Kier molecular flexibility index (Phi) is 13.9. The second-order valence-electron chi connectivity index (χ2n) is 17.5. The highest BCUT2D eigenvalue weighted by Gasteiger charge is 2.38. The smallest absolute Gasteiger partial charge is 0.258 e. The molecule has 0 radical (unpaired) electrons. The van der Waals surface area contributed by atoms with Gasteiger partial charge in [-0.2, -0.15) is 0 Å². The van der Waals surface area contributed by atoms with Gasteiger partial charge >= 0.3 is 0 Å². The molecule has 15 nitrogen and oxygen atoms in total. The highest BCUT2D eigenvalue weighted by molar-refractivity contribution is 7.92. The minimum Gasteiger partial charge on any atom is -0.505 e. The Hall–Kier alpha value is -7.38. The summed E-state index contributed by atoms with van der Waals surface area (Å²) >= 11 is 0. The number of hydrogen-bond donors (Lipinski definition) is 1. The van der Waals surface area contributed by atoms with Gasteiger partial charge in [0.2, 0.25) is 20.0 Å². The summed E-state index contributed by atoms with van der Waals surface area (Å²) in [5.41, 5.74) is 6.99. The summed E-state index contributed by atoms with van der Waals surface area (Å²) in [7, 11) is -2.47. The molecule has 2 aromatic heterocycles. The quantitative estimate of drug-likeness (QED) is 0.112. The molecule has 2 amide bonds. The van der Waals surface area contributed by atoms with E-state index in [1.807, 2.05) is 30.3 Å². The second-order valence-corrected chi connectivity index (χ2v) is 21.3.